The van der Waals surface area contributed by atoms with Crippen LogP contribution >= 0.6 is 0 Å². The molecule has 0 heterocycles. The van der Waals surface area contributed by atoms with Crippen molar-refractivity contribution in [2.45, 2.75) is 32.8 Å². The monoisotopic (exact) mass is 310 g/mol. The summed E-state index contributed by atoms with van der Waals surface area (Å²) < 4.78 is 11.0. The number of ether oxygens (including phenoxy) is 2. The van der Waals surface area contributed by atoms with E-state index in [9.17, 15) is 4.79 Å². The third-order valence-corrected chi connectivity index (χ3v) is 4.27. The molecule has 1 aliphatic carbocycles. The summed E-state index contributed by atoms with van der Waals surface area (Å²) >= 11 is 0. The minimum absolute atomic E-state index is 0.00135. The Kier molecular flexibility index (Phi) is 4.96. The Morgan fingerprint density at radius 1 is 1.13 bits per heavy atom. The summed E-state index contributed by atoms with van der Waals surface area (Å²) in [5.74, 6) is 0.822. The maximum absolute atomic E-state index is 11.9. The van der Waals surface area contributed by atoms with Gasteiger partial charge in [0.05, 0.1) is 12.5 Å². The zero-order chi connectivity index (χ0) is 16.1. The third kappa shape index (κ3) is 3.92. The zero-order valence-electron chi connectivity index (χ0n) is 13.5. The number of benzene rings is 2. The molecular weight excluding hydrogens is 288 g/mol. The van der Waals surface area contributed by atoms with Gasteiger partial charge >= 0.3 is 5.97 Å². The second-order valence-corrected chi connectivity index (χ2v) is 5.90. The summed E-state index contributed by atoms with van der Waals surface area (Å²) in [4.78, 5) is 11.9. The van der Waals surface area contributed by atoms with Crippen LogP contribution in [0.1, 0.15) is 30.0 Å². The quantitative estimate of drug-likeness (QED) is 0.785. The van der Waals surface area contributed by atoms with E-state index in [0.29, 0.717) is 13.2 Å². The highest BCUT2D eigenvalue weighted by Gasteiger charge is 2.25. The number of hydrogen-bond donors (Lipinski definition) is 0. The first-order valence-electron chi connectivity index (χ1n) is 8.21. The number of rotatable bonds is 5. The molecule has 3 rings (SSSR count). The highest BCUT2D eigenvalue weighted by Crippen LogP contribution is 2.29. The number of esters is 1. The molecule has 120 valence electrons. The molecule has 0 N–H and O–H groups in total. The van der Waals surface area contributed by atoms with E-state index in [1.165, 1.54) is 11.1 Å². The molecule has 0 radical (unpaired) electrons. The Labute approximate surface area is 137 Å². The van der Waals surface area contributed by atoms with Gasteiger partial charge in [0, 0.05) is 0 Å². The molecule has 3 nitrogen and oxygen atoms in total. The van der Waals surface area contributed by atoms with Crippen molar-refractivity contribution in [1.82, 2.24) is 0 Å². The Morgan fingerprint density at radius 2 is 1.96 bits per heavy atom. The maximum atomic E-state index is 11.9. The van der Waals surface area contributed by atoms with E-state index in [2.05, 4.69) is 24.3 Å². The average Bonchev–Trinajstić information content (AvgIpc) is 2.60. The fourth-order valence-electron chi connectivity index (χ4n) is 3.02. The normalized spacial score (nSPS) is 16.5. The minimum Gasteiger partial charge on any atom is -0.489 e. The Balaban J connectivity index is 1.63. The summed E-state index contributed by atoms with van der Waals surface area (Å²) in [5, 5.41) is 0. The van der Waals surface area contributed by atoms with Crippen LogP contribution in [0.15, 0.2) is 48.5 Å². The van der Waals surface area contributed by atoms with Crippen LogP contribution in [-0.4, -0.2) is 12.6 Å². The Morgan fingerprint density at radius 3 is 2.74 bits per heavy atom. The van der Waals surface area contributed by atoms with Crippen LogP contribution < -0.4 is 4.74 Å². The Hall–Kier alpha value is -2.29. The average molecular weight is 310 g/mol. The fourth-order valence-corrected chi connectivity index (χ4v) is 3.02. The standard InChI is InChI=1S/C20H22O3/c1-2-22-20(21)18-9-8-17-13-19(11-10-16(17)12-18)23-14-15-6-4-3-5-7-15/h3-7,10-11,13,18H,2,8-9,12,14H2,1H3. The molecule has 1 unspecified atom stereocenters. The summed E-state index contributed by atoms with van der Waals surface area (Å²) in [6, 6.07) is 16.3. The predicted molar refractivity (Wildman–Crippen MR) is 89.4 cm³/mol. The second-order valence-electron chi connectivity index (χ2n) is 5.90. The van der Waals surface area contributed by atoms with Gasteiger partial charge in [0.25, 0.3) is 0 Å². The molecule has 1 aliphatic rings. The highest BCUT2D eigenvalue weighted by molar-refractivity contribution is 5.73. The van der Waals surface area contributed by atoms with Gasteiger partial charge in [-0.25, -0.2) is 0 Å². The molecule has 1 atom stereocenters. The van der Waals surface area contributed by atoms with Crippen LogP contribution in [-0.2, 0) is 29.0 Å². The highest BCUT2D eigenvalue weighted by atomic mass is 16.5. The van der Waals surface area contributed by atoms with Crippen molar-refractivity contribution in [3.8, 4) is 5.75 Å². The van der Waals surface area contributed by atoms with E-state index in [-0.39, 0.29) is 11.9 Å². The molecule has 0 amide bonds. The number of carbonyl (C=O) groups is 1. The van der Waals surface area contributed by atoms with Crippen LogP contribution in [0.25, 0.3) is 0 Å². The number of carbonyl (C=O) groups excluding carboxylic acids is 1. The lowest BCUT2D eigenvalue weighted by Crippen LogP contribution is -2.24. The summed E-state index contributed by atoms with van der Waals surface area (Å²) in [5.41, 5.74) is 3.69. The van der Waals surface area contributed by atoms with E-state index < -0.39 is 0 Å². The summed E-state index contributed by atoms with van der Waals surface area (Å²) in [6.45, 7) is 2.88. The molecule has 2 aromatic carbocycles. The number of aryl methyl sites for hydroxylation is 1. The van der Waals surface area contributed by atoms with E-state index in [4.69, 9.17) is 9.47 Å². The molecule has 0 spiro atoms. The van der Waals surface area contributed by atoms with Gasteiger partial charge in [0.2, 0.25) is 0 Å². The van der Waals surface area contributed by atoms with Crippen molar-refractivity contribution >= 4 is 5.97 Å². The first-order valence-corrected chi connectivity index (χ1v) is 8.21. The van der Waals surface area contributed by atoms with Gasteiger partial charge in [0.1, 0.15) is 12.4 Å². The molecule has 0 saturated carbocycles. The van der Waals surface area contributed by atoms with Gasteiger partial charge in [-0.3, -0.25) is 4.79 Å². The molecule has 0 aliphatic heterocycles. The summed E-state index contributed by atoms with van der Waals surface area (Å²) in [6.07, 6.45) is 2.53. The smallest absolute Gasteiger partial charge is 0.309 e. The van der Waals surface area contributed by atoms with E-state index >= 15 is 0 Å². The molecule has 0 saturated heterocycles. The lowest BCUT2D eigenvalue weighted by molar-refractivity contribution is -0.148. The molecule has 3 heteroatoms. The van der Waals surface area contributed by atoms with Gasteiger partial charge in [-0.15, -0.1) is 0 Å². The van der Waals surface area contributed by atoms with Crippen molar-refractivity contribution in [2.24, 2.45) is 5.92 Å². The van der Waals surface area contributed by atoms with Gasteiger partial charge in [0.15, 0.2) is 0 Å². The van der Waals surface area contributed by atoms with Gasteiger partial charge in [-0.05, 0) is 55.0 Å². The van der Waals surface area contributed by atoms with Crippen molar-refractivity contribution in [2.75, 3.05) is 6.61 Å². The van der Waals surface area contributed by atoms with Crippen LogP contribution in [0, 0.1) is 5.92 Å². The van der Waals surface area contributed by atoms with Crippen LogP contribution in [0.2, 0.25) is 0 Å². The molecular formula is C20H22O3. The van der Waals surface area contributed by atoms with Crippen molar-refractivity contribution < 1.29 is 14.3 Å². The second kappa shape index (κ2) is 7.32. The van der Waals surface area contributed by atoms with Gasteiger partial charge in [-0.1, -0.05) is 36.4 Å². The van der Waals surface area contributed by atoms with Crippen molar-refractivity contribution in [3.05, 3.63) is 65.2 Å². The van der Waals surface area contributed by atoms with Crippen molar-refractivity contribution in [1.29, 1.82) is 0 Å². The van der Waals surface area contributed by atoms with Crippen LogP contribution in [0.5, 0.6) is 5.75 Å². The third-order valence-electron chi connectivity index (χ3n) is 4.27. The minimum atomic E-state index is -0.0671. The lowest BCUT2D eigenvalue weighted by atomic mass is 9.84. The van der Waals surface area contributed by atoms with E-state index in [1.807, 2.05) is 31.2 Å². The Bertz CT molecular complexity index is 664. The molecule has 2 aromatic rings. The molecule has 23 heavy (non-hydrogen) atoms. The number of hydrogen-bond acceptors (Lipinski definition) is 3. The zero-order valence-corrected chi connectivity index (χ0v) is 13.5. The van der Waals surface area contributed by atoms with Crippen LogP contribution in [0.3, 0.4) is 0 Å². The predicted octanol–water partition coefficient (Wildman–Crippen LogP) is 3.93. The topological polar surface area (TPSA) is 35.5 Å². The lowest BCUT2D eigenvalue weighted by Gasteiger charge is -2.23. The maximum Gasteiger partial charge on any atom is 0.309 e. The van der Waals surface area contributed by atoms with Crippen molar-refractivity contribution in [3.63, 3.8) is 0 Å². The van der Waals surface area contributed by atoms with E-state index in [0.717, 1.165) is 30.6 Å². The number of fused-ring (bicyclic) bond motifs is 1. The first kappa shape index (κ1) is 15.6. The largest absolute Gasteiger partial charge is 0.489 e. The van der Waals surface area contributed by atoms with Crippen LogP contribution in [0.4, 0.5) is 0 Å². The first-order chi connectivity index (χ1) is 11.3. The fraction of sp³-hybridized carbons (Fsp3) is 0.350. The van der Waals surface area contributed by atoms with Gasteiger partial charge in [-0.2, -0.15) is 0 Å². The molecule has 0 bridgehead atoms. The van der Waals surface area contributed by atoms with E-state index in [1.54, 1.807) is 0 Å². The summed E-state index contributed by atoms with van der Waals surface area (Å²) in [7, 11) is 0. The molecule has 0 fully saturated rings. The molecule has 0 aromatic heterocycles. The van der Waals surface area contributed by atoms with Gasteiger partial charge < -0.3 is 9.47 Å². The SMILES string of the molecule is CCOC(=O)C1CCc2cc(OCc3ccccc3)ccc2C1.